The molecule has 0 unspecified atom stereocenters. The lowest BCUT2D eigenvalue weighted by molar-refractivity contribution is 0.419. The summed E-state index contributed by atoms with van der Waals surface area (Å²) in [6.07, 6.45) is 0. The second-order valence-electron chi connectivity index (χ2n) is 5.86. The molecule has 4 aromatic carbocycles. The van der Waals surface area contributed by atoms with Crippen LogP contribution in [0.3, 0.4) is 0 Å². The standard InChI is InChI=1S/C24H18O2/c1-3-10-19(11-4-1)20-12-9-15-22(18-20)26-24-17-8-7-16-23(24)25-21-13-5-2-6-14-21/h1-18H. The van der Waals surface area contributed by atoms with E-state index in [0.29, 0.717) is 11.5 Å². The van der Waals surface area contributed by atoms with Crippen LogP contribution >= 0.6 is 0 Å². The van der Waals surface area contributed by atoms with Crippen LogP contribution in [-0.2, 0) is 0 Å². The summed E-state index contributed by atoms with van der Waals surface area (Å²) in [4.78, 5) is 0. The van der Waals surface area contributed by atoms with E-state index >= 15 is 0 Å². The zero-order valence-corrected chi connectivity index (χ0v) is 14.2. The molecule has 0 bridgehead atoms. The summed E-state index contributed by atoms with van der Waals surface area (Å²) in [5, 5.41) is 0. The molecule has 0 saturated carbocycles. The van der Waals surface area contributed by atoms with Crippen LogP contribution in [0.25, 0.3) is 11.1 Å². The third-order valence-electron chi connectivity index (χ3n) is 3.99. The first-order valence-corrected chi connectivity index (χ1v) is 8.54. The number of hydrogen-bond acceptors (Lipinski definition) is 2. The van der Waals surface area contributed by atoms with Crippen molar-refractivity contribution >= 4 is 0 Å². The second kappa shape index (κ2) is 7.58. The van der Waals surface area contributed by atoms with Crippen LogP contribution in [0.1, 0.15) is 0 Å². The van der Waals surface area contributed by atoms with Crippen molar-refractivity contribution in [2.75, 3.05) is 0 Å². The van der Waals surface area contributed by atoms with Crippen LogP contribution in [0, 0.1) is 0 Å². The first-order chi connectivity index (χ1) is 12.9. The van der Waals surface area contributed by atoms with Gasteiger partial charge in [-0.25, -0.2) is 0 Å². The number of hydrogen-bond donors (Lipinski definition) is 0. The topological polar surface area (TPSA) is 18.5 Å². The Balaban J connectivity index is 1.60. The highest BCUT2D eigenvalue weighted by Crippen LogP contribution is 2.35. The minimum Gasteiger partial charge on any atom is -0.453 e. The van der Waals surface area contributed by atoms with Crippen LogP contribution in [-0.4, -0.2) is 0 Å². The largest absolute Gasteiger partial charge is 0.453 e. The van der Waals surface area contributed by atoms with E-state index in [9.17, 15) is 0 Å². The van der Waals surface area contributed by atoms with Crippen LogP contribution in [0.2, 0.25) is 0 Å². The lowest BCUT2D eigenvalue weighted by Gasteiger charge is -2.13. The Bertz CT molecular complexity index is 979. The molecule has 0 amide bonds. The fraction of sp³-hybridized carbons (Fsp3) is 0. The van der Waals surface area contributed by atoms with Gasteiger partial charge in [0.2, 0.25) is 0 Å². The Morgan fingerprint density at radius 2 is 0.885 bits per heavy atom. The van der Waals surface area contributed by atoms with E-state index in [1.807, 2.05) is 91.0 Å². The predicted molar refractivity (Wildman–Crippen MR) is 105 cm³/mol. The number of benzene rings is 4. The van der Waals surface area contributed by atoms with E-state index in [1.54, 1.807) is 0 Å². The van der Waals surface area contributed by atoms with Crippen molar-refractivity contribution in [2.45, 2.75) is 0 Å². The zero-order chi connectivity index (χ0) is 17.6. The Labute approximate surface area is 153 Å². The van der Waals surface area contributed by atoms with Gasteiger partial charge in [0.05, 0.1) is 0 Å². The molecule has 0 aliphatic carbocycles. The average molecular weight is 338 g/mol. The molecule has 0 saturated heterocycles. The number of para-hydroxylation sites is 3. The van der Waals surface area contributed by atoms with Gasteiger partial charge in [-0.3, -0.25) is 0 Å². The van der Waals surface area contributed by atoms with E-state index < -0.39 is 0 Å². The normalized spacial score (nSPS) is 10.3. The fourth-order valence-corrected chi connectivity index (χ4v) is 2.73. The van der Waals surface area contributed by atoms with E-state index in [4.69, 9.17) is 9.47 Å². The predicted octanol–water partition coefficient (Wildman–Crippen LogP) is 6.94. The highest BCUT2D eigenvalue weighted by atomic mass is 16.5. The van der Waals surface area contributed by atoms with Gasteiger partial charge in [0.1, 0.15) is 11.5 Å². The Morgan fingerprint density at radius 1 is 0.385 bits per heavy atom. The molecule has 126 valence electrons. The van der Waals surface area contributed by atoms with Crippen molar-refractivity contribution in [3.8, 4) is 34.1 Å². The number of rotatable bonds is 5. The van der Waals surface area contributed by atoms with Crippen LogP contribution in [0.15, 0.2) is 109 Å². The SMILES string of the molecule is c1ccc(Oc2ccccc2Oc2cccc(-c3ccccc3)c2)cc1. The molecule has 0 fully saturated rings. The van der Waals surface area contributed by atoms with Crippen molar-refractivity contribution in [2.24, 2.45) is 0 Å². The Morgan fingerprint density at radius 3 is 1.58 bits per heavy atom. The summed E-state index contributed by atoms with van der Waals surface area (Å²) in [5.41, 5.74) is 2.27. The van der Waals surface area contributed by atoms with Crippen molar-refractivity contribution in [3.05, 3.63) is 109 Å². The lowest BCUT2D eigenvalue weighted by atomic mass is 10.1. The molecule has 0 radical (unpaired) electrons. The quantitative estimate of drug-likeness (QED) is 0.392. The van der Waals surface area contributed by atoms with Gasteiger partial charge < -0.3 is 9.47 Å². The van der Waals surface area contributed by atoms with Crippen molar-refractivity contribution in [1.82, 2.24) is 0 Å². The first-order valence-electron chi connectivity index (χ1n) is 8.54. The van der Waals surface area contributed by atoms with Gasteiger partial charge in [-0.1, -0.05) is 72.8 Å². The maximum absolute atomic E-state index is 6.12. The summed E-state index contributed by atoms with van der Waals surface area (Å²) in [7, 11) is 0. The molecule has 26 heavy (non-hydrogen) atoms. The maximum atomic E-state index is 6.12. The van der Waals surface area contributed by atoms with Crippen LogP contribution in [0.5, 0.6) is 23.0 Å². The van der Waals surface area contributed by atoms with Gasteiger partial charge in [-0.05, 0) is 47.5 Å². The molecule has 4 aromatic rings. The summed E-state index contributed by atoms with van der Waals surface area (Å²) < 4.78 is 12.1. The smallest absolute Gasteiger partial charge is 0.169 e. The third kappa shape index (κ3) is 3.76. The van der Waals surface area contributed by atoms with E-state index in [2.05, 4.69) is 18.2 Å². The molecule has 0 atom stereocenters. The minimum absolute atomic E-state index is 0.682. The molecular formula is C24H18O2. The van der Waals surface area contributed by atoms with Gasteiger partial charge in [0, 0.05) is 0 Å². The summed E-state index contributed by atoms with van der Waals surface area (Å²) in [6.45, 7) is 0. The lowest BCUT2D eigenvalue weighted by Crippen LogP contribution is -1.90. The molecule has 4 rings (SSSR count). The maximum Gasteiger partial charge on any atom is 0.169 e. The highest BCUT2D eigenvalue weighted by Gasteiger charge is 2.08. The molecular weight excluding hydrogens is 320 g/mol. The van der Waals surface area contributed by atoms with Crippen molar-refractivity contribution in [1.29, 1.82) is 0 Å². The van der Waals surface area contributed by atoms with Crippen LogP contribution in [0.4, 0.5) is 0 Å². The average Bonchev–Trinajstić information content (AvgIpc) is 2.71. The van der Waals surface area contributed by atoms with Gasteiger partial charge in [0.25, 0.3) is 0 Å². The zero-order valence-electron chi connectivity index (χ0n) is 14.2. The van der Waals surface area contributed by atoms with Gasteiger partial charge in [0.15, 0.2) is 11.5 Å². The molecule has 0 heterocycles. The van der Waals surface area contributed by atoms with Gasteiger partial charge in [-0.2, -0.15) is 0 Å². The minimum atomic E-state index is 0.682. The van der Waals surface area contributed by atoms with Gasteiger partial charge in [-0.15, -0.1) is 0 Å². The molecule has 0 spiro atoms. The molecule has 2 nitrogen and oxygen atoms in total. The summed E-state index contributed by atoms with van der Waals surface area (Å²) in [5.74, 6) is 2.92. The molecule has 0 aliphatic heterocycles. The highest BCUT2D eigenvalue weighted by molar-refractivity contribution is 5.65. The fourth-order valence-electron chi connectivity index (χ4n) is 2.73. The Kier molecular flexibility index (Phi) is 4.66. The van der Waals surface area contributed by atoms with Crippen molar-refractivity contribution in [3.63, 3.8) is 0 Å². The second-order valence-corrected chi connectivity index (χ2v) is 5.86. The van der Waals surface area contributed by atoms with E-state index in [1.165, 1.54) is 0 Å². The number of ether oxygens (including phenoxy) is 2. The summed E-state index contributed by atoms with van der Waals surface area (Å²) >= 11 is 0. The molecule has 0 aromatic heterocycles. The van der Waals surface area contributed by atoms with Crippen molar-refractivity contribution < 1.29 is 9.47 Å². The first kappa shape index (κ1) is 16.0. The summed E-state index contributed by atoms with van der Waals surface area (Å²) in [6, 6.07) is 35.7. The van der Waals surface area contributed by atoms with E-state index in [-0.39, 0.29) is 0 Å². The third-order valence-corrected chi connectivity index (χ3v) is 3.99. The van der Waals surface area contributed by atoms with Crippen LogP contribution < -0.4 is 9.47 Å². The van der Waals surface area contributed by atoms with Gasteiger partial charge >= 0.3 is 0 Å². The Hall–Kier alpha value is -3.52. The molecule has 2 heteroatoms. The molecule has 0 aliphatic rings. The van der Waals surface area contributed by atoms with E-state index in [0.717, 1.165) is 22.6 Å². The monoisotopic (exact) mass is 338 g/mol. The molecule has 0 N–H and O–H groups in total.